The number of aromatic nitrogens is 1. The first-order valence-corrected chi connectivity index (χ1v) is 7.70. The maximum absolute atomic E-state index is 12.0. The van der Waals surface area contributed by atoms with Crippen molar-refractivity contribution in [1.82, 2.24) is 10.3 Å². The number of nitrogens with zero attached hydrogens (tertiary/aromatic N) is 1. The molecule has 1 heterocycles. The van der Waals surface area contributed by atoms with Crippen molar-refractivity contribution in [3.8, 4) is 0 Å². The Labute approximate surface area is 115 Å². The van der Waals surface area contributed by atoms with E-state index in [4.69, 9.17) is 5.73 Å². The van der Waals surface area contributed by atoms with E-state index in [2.05, 4.69) is 10.3 Å². The van der Waals surface area contributed by atoms with Crippen LogP contribution in [0.4, 0.5) is 0 Å². The average molecular weight is 287 g/mol. The van der Waals surface area contributed by atoms with Crippen LogP contribution in [0.2, 0.25) is 0 Å². The Morgan fingerprint density at radius 3 is 2.61 bits per heavy atom. The molecule has 0 saturated carbocycles. The molecule has 0 aromatic carbocycles. The summed E-state index contributed by atoms with van der Waals surface area (Å²) in [6.07, 6.45) is 2.47. The molecule has 0 spiro atoms. The lowest BCUT2D eigenvalue weighted by atomic mass is 10.2. The number of nitrogens with two attached hydrogens (primary N) is 1. The van der Waals surface area contributed by atoms with E-state index in [1.165, 1.54) is 11.3 Å². The van der Waals surface area contributed by atoms with Gasteiger partial charge in [0.05, 0.1) is 5.01 Å². The number of hydrogen-bond donors (Lipinski definition) is 2. The number of thioether (sulfide) groups is 1. The fraction of sp³-hybridized carbons (Fsp3) is 0.545. The van der Waals surface area contributed by atoms with Gasteiger partial charge in [0.1, 0.15) is 11.7 Å². The number of amides is 2. The van der Waals surface area contributed by atoms with E-state index in [0.29, 0.717) is 12.1 Å². The van der Waals surface area contributed by atoms with Crippen LogP contribution in [0.25, 0.3) is 0 Å². The van der Waals surface area contributed by atoms with Crippen LogP contribution in [0.3, 0.4) is 0 Å². The zero-order chi connectivity index (χ0) is 13.7. The Morgan fingerprint density at radius 1 is 1.50 bits per heavy atom. The molecule has 1 aromatic rings. The standard InChI is InChI=1S/C11H17N3O2S2/c1-6-9(13-7(2)18-6)11(16)14-8(10(12)15)4-5-17-3/h8H,4-5H2,1-3H3,(H2,12,15)(H,14,16)/t8-/m0/s1. The molecule has 0 aliphatic rings. The molecule has 7 heteroatoms. The number of hydrogen-bond acceptors (Lipinski definition) is 5. The molecule has 3 N–H and O–H groups in total. The molecule has 0 aliphatic heterocycles. The highest BCUT2D eigenvalue weighted by atomic mass is 32.2. The number of nitrogens with one attached hydrogen (secondary N) is 1. The Balaban J connectivity index is 2.72. The van der Waals surface area contributed by atoms with E-state index in [-0.39, 0.29) is 5.91 Å². The van der Waals surface area contributed by atoms with Crippen molar-refractivity contribution in [3.63, 3.8) is 0 Å². The van der Waals surface area contributed by atoms with Crippen LogP contribution in [0.1, 0.15) is 26.8 Å². The van der Waals surface area contributed by atoms with Crippen LogP contribution >= 0.6 is 23.1 Å². The highest BCUT2D eigenvalue weighted by Gasteiger charge is 2.21. The van der Waals surface area contributed by atoms with Crippen molar-refractivity contribution in [1.29, 1.82) is 0 Å². The number of thiazole rings is 1. The summed E-state index contributed by atoms with van der Waals surface area (Å²) in [6, 6.07) is -0.633. The molecular weight excluding hydrogens is 270 g/mol. The first-order chi connectivity index (χ1) is 8.45. The third kappa shape index (κ3) is 3.99. The van der Waals surface area contributed by atoms with Gasteiger partial charge in [-0.1, -0.05) is 0 Å². The van der Waals surface area contributed by atoms with Crippen LogP contribution in [0.5, 0.6) is 0 Å². The smallest absolute Gasteiger partial charge is 0.271 e. The van der Waals surface area contributed by atoms with Crippen LogP contribution in [0, 0.1) is 13.8 Å². The van der Waals surface area contributed by atoms with E-state index in [1.54, 1.807) is 11.8 Å². The second kappa shape index (κ2) is 6.75. The van der Waals surface area contributed by atoms with Crippen molar-refractivity contribution in [3.05, 3.63) is 15.6 Å². The number of carbonyl (C=O) groups is 2. The van der Waals surface area contributed by atoms with Crippen LogP contribution in [-0.2, 0) is 4.79 Å². The van der Waals surface area contributed by atoms with Gasteiger partial charge < -0.3 is 11.1 Å². The van der Waals surface area contributed by atoms with Crippen molar-refractivity contribution < 1.29 is 9.59 Å². The first-order valence-electron chi connectivity index (χ1n) is 5.48. The Bertz CT molecular complexity index is 445. The summed E-state index contributed by atoms with van der Waals surface area (Å²) >= 11 is 3.06. The summed E-state index contributed by atoms with van der Waals surface area (Å²) in [5.74, 6) is -0.0769. The van der Waals surface area contributed by atoms with E-state index < -0.39 is 11.9 Å². The van der Waals surface area contributed by atoms with E-state index in [1.807, 2.05) is 20.1 Å². The van der Waals surface area contributed by atoms with Crippen LogP contribution < -0.4 is 11.1 Å². The maximum atomic E-state index is 12.0. The van der Waals surface area contributed by atoms with Crippen LogP contribution in [0.15, 0.2) is 0 Å². The fourth-order valence-electron chi connectivity index (χ4n) is 1.49. The van der Waals surface area contributed by atoms with E-state index in [0.717, 1.165) is 15.6 Å². The van der Waals surface area contributed by atoms with Crippen LogP contribution in [-0.4, -0.2) is 34.8 Å². The van der Waals surface area contributed by atoms with Gasteiger partial charge in [0.2, 0.25) is 5.91 Å². The van der Waals surface area contributed by atoms with Gasteiger partial charge in [-0.25, -0.2) is 4.98 Å². The minimum atomic E-state index is -0.633. The lowest BCUT2D eigenvalue weighted by Crippen LogP contribution is -2.45. The van der Waals surface area contributed by atoms with Gasteiger partial charge in [-0.05, 0) is 32.3 Å². The second-order valence-electron chi connectivity index (χ2n) is 3.85. The number of aryl methyl sites for hydroxylation is 2. The molecule has 2 amide bonds. The number of primary amides is 1. The van der Waals surface area contributed by atoms with Crippen molar-refractivity contribution >= 4 is 34.9 Å². The normalized spacial score (nSPS) is 12.2. The zero-order valence-corrected chi connectivity index (χ0v) is 12.3. The molecule has 0 fully saturated rings. The molecule has 0 saturated heterocycles. The third-order valence-electron chi connectivity index (χ3n) is 2.38. The van der Waals surface area contributed by atoms with Gasteiger partial charge in [0.15, 0.2) is 0 Å². The average Bonchev–Trinajstić information content (AvgIpc) is 2.63. The van der Waals surface area contributed by atoms with Gasteiger partial charge in [-0.2, -0.15) is 11.8 Å². The first kappa shape index (κ1) is 15.0. The van der Waals surface area contributed by atoms with Gasteiger partial charge >= 0.3 is 0 Å². The molecule has 1 aromatic heterocycles. The molecule has 0 radical (unpaired) electrons. The SMILES string of the molecule is CSCC[C@H](NC(=O)c1nc(C)sc1C)C(N)=O. The van der Waals surface area contributed by atoms with Gasteiger partial charge in [0, 0.05) is 4.88 Å². The minimum absolute atomic E-state index is 0.332. The quantitative estimate of drug-likeness (QED) is 0.820. The lowest BCUT2D eigenvalue weighted by molar-refractivity contribution is -0.119. The molecule has 18 heavy (non-hydrogen) atoms. The van der Waals surface area contributed by atoms with Crippen molar-refractivity contribution in [2.45, 2.75) is 26.3 Å². The molecule has 0 aliphatic carbocycles. The highest BCUT2D eigenvalue weighted by Crippen LogP contribution is 2.16. The summed E-state index contributed by atoms with van der Waals surface area (Å²) < 4.78 is 0. The summed E-state index contributed by atoms with van der Waals surface area (Å²) in [4.78, 5) is 28.2. The largest absolute Gasteiger partial charge is 0.368 e. The summed E-state index contributed by atoms with van der Waals surface area (Å²) in [6.45, 7) is 3.68. The predicted molar refractivity (Wildman–Crippen MR) is 75.0 cm³/mol. The van der Waals surface area contributed by atoms with Gasteiger partial charge in [0.25, 0.3) is 5.91 Å². The minimum Gasteiger partial charge on any atom is -0.368 e. The Kier molecular flexibility index (Phi) is 5.61. The third-order valence-corrected chi connectivity index (χ3v) is 3.91. The van der Waals surface area contributed by atoms with Crippen molar-refractivity contribution in [2.24, 2.45) is 5.73 Å². The molecule has 1 atom stereocenters. The van der Waals surface area contributed by atoms with E-state index >= 15 is 0 Å². The summed E-state index contributed by atoms with van der Waals surface area (Å²) in [5.41, 5.74) is 5.65. The zero-order valence-electron chi connectivity index (χ0n) is 10.6. The van der Waals surface area contributed by atoms with Gasteiger partial charge in [-0.15, -0.1) is 11.3 Å². The molecule has 1 rings (SSSR count). The molecule has 5 nitrogen and oxygen atoms in total. The molecule has 100 valence electrons. The summed E-state index contributed by atoms with van der Waals surface area (Å²) in [7, 11) is 0. The number of rotatable bonds is 6. The molecular formula is C11H17N3O2S2. The molecule has 0 bridgehead atoms. The second-order valence-corrected chi connectivity index (χ2v) is 6.24. The topological polar surface area (TPSA) is 85.1 Å². The van der Waals surface area contributed by atoms with Gasteiger partial charge in [-0.3, -0.25) is 9.59 Å². The number of carbonyl (C=O) groups excluding carboxylic acids is 2. The monoisotopic (exact) mass is 287 g/mol. The van der Waals surface area contributed by atoms with Crippen molar-refractivity contribution in [2.75, 3.05) is 12.0 Å². The highest BCUT2D eigenvalue weighted by molar-refractivity contribution is 7.98. The maximum Gasteiger partial charge on any atom is 0.271 e. The molecule has 0 unspecified atom stereocenters. The lowest BCUT2D eigenvalue weighted by Gasteiger charge is -2.14. The summed E-state index contributed by atoms with van der Waals surface area (Å²) in [5, 5.41) is 3.47. The predicted octanol–water partition coefficient (Wildman–Crippen LogP) is 1.10. The Hall–Kier alpha value is -1.08. The fourth-order valence-corrected chi connectivity index (χ4v) is 2.77. The van der Waals surface area contributed by atoms with E-state index in [9.17, 15) is 9.59 Å². The Morgan fingerprint density at radius 2 is 2.17 bits per heavy atom.